The second-order valence-electron chi connectivity index (χ2n) is 2.35. The monoisotopic (exact) mass is 176 g/mol. The summed E-state index contributed by atoms with van der Waals surface area (Å²) in [5, 5.41) is 0. The Morgan fingerprint density at radius 1 is 1.36 bits per heavy atom. The molecule has 0 aliphatic heterocycles. The number of hydrogen-bond donors (Lipinski definition) is 3. The van der Waals surface area contributed by atoms with Crippen molar-refractivity contribution in [3.63, 3.8) is 0 Å². The molecule has 0 fully saturated rings. The summed E-state index contributed by atoms with van der Waals surface area (Å²) in [4.78, 5) is 21.3. The van der Waals surface area contributed by atoms with E-state index in [1.807, 2.05) is 0 Å². The third-order valence-corrected chi connectivity index (χ3v) is 1.28. The zero-order valence-electron chi connectivity index (χ0n) is 6.55. The number of carbonyl (C=O) groups excluding carboxylic acids is 2. The molecule has 0 aromatic rings. The van der Waals surface area contributed by atoms with E-state index in [9.17, 15) is 9.59 Å². The fraction of sp³-hybridized carbons (Fsp3) is 0.667. The molecule has 0 radical (unpaired) electrons. The fourth-order valence-corrected chi connectivity index (χ4v) is 0.394. The minimum atomic E-state index is -0.317. The van der Waals surface area contributed by atoms with Crippen molar-refractivity contribution in [2.75, 3.05) is 5.75 Å². The van der Waals surface area contributed by atoms with Gasteiger partial charge in [-0.1, -0.05) is 13.8 Å². The summed E-state index contributed by atoms with van der Waals surface area (Å²) in [5.41, 5.74) is 4.44. The van der Waals surface area contributed by atoms with E-state index < -0.39 is 0 Å². The Balaban J connectivity index is 3.54. The predicted molar refractivity (Wildman–Crippen MR) is 45.0 cm³/mol. The molecule has 11 heavy (non-hydrogen) atoms. The van der Waals surface area contributed by atoms with Crippen molar-refractivity contribution in [1.82, 2.24) is 10.9 Å². The Hall–Kier alpha value is -0.710. The van der Waals surface area contributed by atoms with Crippen LogP contribution in [0.4, 0.5) is 0 Å². The number of nitrogens with one attached hydrogen (secondary N) is 2. The molecule has 0 heterocycles. The largest absolute Gasteiger partial charge is 0.273 e. The van der Waals surface area contributed by atoms with Crippen molar-refractivity contribution < 1.29 is 9.59 Å². The van der Waals surface area contributed by atoms with Gasteiger partial charge in [-0.3, -0.25) is 20.4 Å². The van der Waals surface area contributed by atoms with Crippen LogP contribution < -0.4 is 10.9 Å². The van der Waals surface area contributed by atoms with Crippen molar-refractivity contribution in [2.45, 2.75) is 13.8 Å². The van der Waals surface area contributed by atoms with Gasteiger partial charge in [0.2, 0.25) is 11.8 Å². The number of amides is 2. The van der Waals surface area contributed by atoms with Gasteiger partial charge in [-0.15, -0.1) is 0 Å². The second kappa shape index (κ2) is 5.01. The maximum absolute atomic E-state index is 10.8. The molecule has 0 aromatic carbocycles. The molecule has 0 bridgehead atoms. The van der Waals surface area contributed by atoms with Crippen LogP contribution in [0, 0.1) is 5.92 Å². The molecule has 0 atom stereocenters. The summed E-state index contributed by atoms with van der Waals surface area (Å²) < 4.78 is 0. The van der Waals surface area contributed by atoms with E-state index in [0.29, 0.717) is 0 Å². The van der Waals surface area contributed by atoms with E-state index >= 15 is 0 Å². The first-order chi connectivity index (χ1) is 5.07. The van der Waals surface area contributed by atoms with E-state index in [4.69, 9.17) is 0 Å². The summed E-state index contributed by atoms with van der Waals surface area (Å²) in [6, 6.07) is 0. The lowest BCUT2D eigenvalue weighted by Crippen LogP contribution is -2.44. The van der Waals surface area contributed by atoms with Crippen LogP contribution in [0.3, 0.4) is 0 Å². The lowest BCUT2D eigenvalue weighted by atomic mass is 10.2. The maximum atomic E-state index is 10.8. The Labute approximate surface area is 71.1 Å². The summed E-state index contributed by atoms with van der Waals surface area (Å²) >= 11 is 3.71. The smallest absolute Gasteiger partial charge is 0.248 e. The van der Waals surface area contributed by atoms with Gasteiger partial charge in [0.1, 0.15) is 0 Å². The highest BCUT2D eigenvalue weighted by Gasteiger charge is 2.06. The van der Waals surface area contributed by atoms with Gasteiger partial charge >= 0.3 is 0 Å². The molecular weight excluding hydrogens is 164 g/mol. The van der Waals surface area contributed by atoms with E-state index in [-0.39, 0.29) is 23.5 Å². The van der Waals surface area contributed by atoms with Crippen LogP contribution in [0.5, 0.6) is 0 Å². The van der Waals surface area contributed by atoms with Crippen LogP contribution in [0.1, 0.15) is 13.8 Å². The average molecular weight is 176 g/mol. The molecule has 0 saturated carbocycles. The van der Waals surface area contributed by atoms with E-state index in [1.165, 1.54) is 0 Å². The standard InChI is InChI=1S/C6H12N2O2S/c1-4(2)6(10)8-7-5(9)3-11/h4,11H,3H2,1-2H3,(H,7,9)(H,8,10). The van der Waals surface area contributed by atoms with Crippen LogP contribution in [0.2, 0.25) is 0 Å². The molecular formula is C6H12N2O2S. The molecule has 2 amide bonds. The number of hydrogen-bond acceptors (Lipinski definition) is 3. The van der Waals surface area contributed by atoms with Crippen molar-refractivity contribution in [3.8, 4) is 0 Å². The number of rotatable bonds is 2. The minimum Gasteiger partial charge on any atom is -0.273 e. The Bertz CT molecular complexity index is 159. The highest BCUT2D eigenvalue weighted by molar-refractivity contribution is 7.81. The topological polar surface area (TPSA) is 58.2 Å². The summed E-state index contributed by atoms with van der Waals surface area (Å²) in [7, 11) is 0. The van der Waals surface area contributed by atoms with Gasteiger partial charge in [-0.2, -0.15) is 12.6 Å². The normalized spacial score (nSPS) is 9.45. The SMILES string of the molecule is CC(C)C(=O)NNC(=O)CS. The summed E-state index contributed by atoms with van der Waals surface area (Å²) in [5.74, 6) is -0.587. The molecule has 0 spiro atoms. The average Bonchev–Trinajstić information content (AvgIpc) is 1.99. The van der Waals surface area contributed by atoms with Gasteiger partial charge in [-0.25, -0.2) is 0 Å². The summed E-state index contributed by atoms with van der Waals surface area (Å²) in [6.45, 7) is 3.48. The molecule has 0 unspecified atom stereocenters. The van der Waals surface area contributed by atoms with Crippen LogP contribution in [-0.4, -0.2) is 17.6 Å². The molecule has 0 rings (SSSR count). The number of hydrazine groups is 1. The van der Waals surface area contributed by atoms with Crippen LogP contribution >= 0.6 is 12.6 Å². The van der Waals surface area contributed by atoms with Gasteiger partial charge in [-0.05, 0) is 0 Å². The van der Waals surface area contributed by atoms with Gasteiger partial charge in [0, 0.05) is 5.92 Å². The quantitative estimate of drug-likeness (QED) is 0.400. The zero-order valence-corrected chi connectivity index (χ0v) is 7.44. The van der Waals surface area contributed by atoms with Gasteiger partial charge in [0.05, 0.1) is 5.75 Å². The Kier molecular flexibility index (Phi) is 4.69. The first-order valence-electron chi connectivity index (χ1n) is 3.27. The van der Waals surface area contributed by atoms with E-state index in [0.717, 1.165) is 0 Å². The predicted octanol–water partition coefficient (Wildman–Crippen LogP) is -0.280. The number of thiol groups is 1. The highest BCUT2D eigenvalue weighted by atomic mass is 32.1. The zero-order chi connectivity index (χ0) is 8.85. The van der Waals surface area contributed by atoms with Crippen LogP contribution in [0.15, 0.2) is 0 Å². The van der Waals surface area contributed by atoms with Crippen LogP contribution in [-0.2, 0) is 9.59 Å². The third-order valence-electron chi connectivity index (χ3n) is 0.993. The molecule has 0 aliphatic rings. The molecule has 0 aliphatic carbocycles. The van der Waals surface area contributed by atoms with Gasteiger partial charge in [0.25, 0.3) is 0 Å². The summed E-state index contributed by atoms with van der Waals surface area (Å²) in [6.07, 6.45) is 0. The minimum absolute atomic E-state index is 0.0678. The first kappa shape index (κ1) is 10.3. The molecule has 5 heteroatoms. The van der Waals surface area contributed by atoms with Crippen molar-refractivity contribution in [1.29, 1.82) is 0 Å². The van der Waals surface area contributed by atoms with Gasteiger partial charge in [0.15, 0.2) is 0 Å². The van der Waals surface area contributed by atoms with E-state index in [2.05, 4.69) is 23.5 Å². The first-order valence-corrected chi connectivity index (χ1v) is 3.90. The van der Waals surface area contributed by atoms with Crippen molar-refractivity contribution in [3.05, 3.63) is 0 Å². The van der Waals surface area contributed by atoms with Gasteiger partial charge < -0.3 is 0 Å². The molecule has 4 nitrogen and oxygen atoms in total. The second-order valence-corrected chi connectivity index (χ2v) is 2.67. The highest BCUT2D eigenvalue weighted by Crippen LogP contribution is 1.88. The number of carbonyl (C=O) groups is 2. The molecule has 2 N–H and O–H groups in total. The van der Waals surface area contributed by atoms with Crippen LogP contribution in [0.25, 0.3) is 0 Å². The lowest BCUT2D eigenvalue weighted by Gasteiger charge is -2.07. The fourth-order valence-electron chi connectivity index (χ4n) is 0.315. The van der Waals surface area contributed by atoms with Crippen molar-refractivity contribution >= 4 is 24.4 Å². The Morgan fingerprint density at radius 2 is 1.91 bits per heavy atom. The maximum Gasteiger partial charge on any atom is 0.248 e. The third kappa shape index (κ3) is 4.66. The molecule has 0 saturated heterocycles. The lowest BCUT2D eigenvalue weighted by molar-refractivity contribution is -0.129. The van der Waals surface area contributed by atoms with Crippen molar-refractivity contribution in [2.24, 2.45) is 5.92 Å². The molecule has 64 valence electrons. The van der Waals surface area contributed by atoms with E-state index in [1.54, 1.807) is 13.8 Å². The molecule has 0 aromatic heterocycles. The Morgan fingerprint density at radius 3 is 2.27 bits per heavy atom.